The molecule has 10 heteroatoms. The van der Waals surface area contributed by atoms with Gasteiger partial charge in [-0.2, -0.15) is 0 Å². The van der Waals surface area contributed by atoms with Crippen molar-refractivity contribution >= 4 is 29.3 Å². The molecule has 1 aromatic heterocycles. The lowest BCUT2D eigenvalue weighted by Gasteiger charge is -2.38. The van der Waals surface area contributed by atoms with Crippen molar-refractivity contribution in [3.8, 4) is 0 Å². The number of methoxy groups -OCH3 is 1. The highest BCUT2D eigenvalue weighted by atomic mass is 35.5. The number of rotatable bonds is 7. The number of carbonyl (C=O) groups is 2. The molecule has 1 saturated heterocycles. The largest absolute Gasteiger partial charge is 0.462 e. The minimum atomic E-state index is -0.595. The molecular weight excluding hydrogens is 424 g/mol. The highest BCUT2D eigenvalue weighted by Gasteiger charge is 2.31. The number of H-pyrrole nitrogens is 1. The summed E-state index contributed by atoms with van der Waals surface area (Å²) in [5.41, 5.74) is 4.87. The molecule has 2 aliphatic rings. The normalized spacial score (nSPS) is 22.8. The van der Waals surface area contributed by atoms with E-state index in [-0.39, 0.29) is 40.6 Å². The van der Waals surface area contributed by atoms with E-state index in [0.717, 1.165) is 25.7 Å². The second-order valence-electron chi connectivity index (χ2n) is 8.22. The molecule has 1 aliphatic heterocycles. The number of nitrogens with one attached hydrogen (secondary N) is 2. The van der Waals surface area contributed by atoms with Crippen LogP contribution in [-0.4, -0.2) is 66.8 Å². The van der Waals surface area contributed by atoms with Gasteiger partial charge in [0.05, 0.1) is 23.6 Å². The SMILES string of the molecule is CO[C@@H]1CN(CCC(=O)OC2CCCCC2)CC[C@@H]1NC(=O)c1cc(Cl)c(N)[nH]c1=O. The van der Waals surface area contributed by atoms with Crippen LogP contribution in [0.1, 0.15) is 55.3 Å². The van der Waals surface area contributed by atoms with Crippen LogP contribution < -0.4 is 16.6 Å². The number of halogens is 1. The van der Waals surface area contributed by atoms with Crippen LogP contribution in [0.3, 0.4) is 0 Å². The number of nitrogens with zero attached hydrogens (tertiary/aromatic N) is 1. The summed E-state index contributed by atoms with van der Waals surface area (Å²) in [6.07, 6.45) is 6.16. The molecule has 4 N–H and O–H groups in total. The van der Waals surface area contributed by atoms with Crippen LogP contribution >= 0.6 is 11.6 Å². The molecule has 1 amide bonds. The maximum atomic E-state index is 12.6. The maximum absolute atomic E-state index is 12.6. The van der Waals surface area contributed by atoms with Gasteiger partial charge in [-0.05, 0) is 38.2 Å². The number of aromatic amines is 1. The summed E-state index contributed by atoms with van der Waals surface area (Å²) in [5, 5.41) is 2.98. The molecule has 1 aromatic rings. The third-order valence-corrected chi connectivity index (χ3v) is 6.32. The molecule has 31 heavy (non-hydrogen) atoms. The standard InChI is InChI=1S/C21H31ClN4O5/c1-30-17-12-26(10-8-18(27)31-13-5-3-2-4-6-13)9-7-16(17)24-20(28)14-11-15(22)19(23)25-21(14)29/h11,13,16-17H,2-10,12H2,1H3,(H,24,28)(H3,23,25,29)/t16-,17+/m0/s1. The zero-order valence-corrected chi connectivity index (χ0v) is 18.6. The predicted molar refractivity (Wildman–Crippen MR) is 117 cm³/mol. The fourth-order valence-electron chi connectivity index (χ4n) is 4.20. The van der Waals surface area contributed by atoms with Gasteiger partial charge in [0, 0.05) is 26.7 Å². The van der Waals surface area contributed by atoms with Gasteiger partial charge in [-0.25, -0.2) is 0 Å². The van der Waals surface area contributed by atoms with Gasteiger partial charge in [0.25, 0.3) is 11.5 Å². The Kier molecular flexibility index (Phi) is 8.34. The number of amides is 1. The topological polar surface area (TPSA) is 127 Å². The first-order valence-corrected chi connectivity index (χ1v) is 11.2. The maximum Gasteiger partial charge on any atom is 0.307 e. The van der Waals surface area contributed by atoms with Crippen molar-refractivity contribution in [3.63, 3.8) is 0 Å². The van der Waals surface area contributed by atoms with E-state index in [2.05, 4.69) is 15.2 Å². The summed E-state index contributed by atoms with van der Waals surface area (Å²) in [6.45, 7) is 1.84. The summed E-state index contributed by atoms with van der Waals surface area (Å²) < 4.78 is 11.1. The van der Waals surface area contributed by atoms with Gasteiger partial charge in [-0.1, -0.05) is 18.0 Å². The van der Waals surface area contributed by atoms with Crippen molar-refractivity contribution in [1.29, 1.82) is 0 Å². The van der Waals surface area contributed by atoms with E-state index in [1.54, 1.807) is 7.11 Å². The number of nitrogens with two attached hydrogens (primary N) is 1. The molecule has 0 aromatic carbocycles. The molecule has 2 fully saturated rings. The van der Waals surface area contributed by atoms with Crippen molar-refractivity contribution in [2.75, 3.05) is 32.5 Å². The Morgan fingerprint density at radius 2 is 2.03 bits per heavy atom. The third kappa shape index (κ3) is 6.44. The van der Waals surface area contributed by atoms with E-state index in [9.17, 15) is 14.4 Å². The summed E-state index contributed by atoms with van der Waals surface area (Å²) in [7, 11) is 1.58. The number of pyridine rings is 1. The van der Waals surface area contributed by atoms with Crippen LogP contribution in [0.2, 0.25) is 5.02 Å². The van der Waals surface area contributed by atoms with Crippen LogP contribution in [0.4, 0.5) is 5.82 Å². The number of likely N-dealkylation sites (tertiary alicyclic amines) is 1. The minimum Gasteiger partial charge on any atom is -0.462 e. The smallest absolute Gasteiger partial charge is 0.307 e. The van der Waals surface area contributed by atoms with Crippen LogP contribution in [0, 0.1) is 0 Å². The zero-order valence-electron chi connectivity index (χ0n) is 17.8. The number of nitrogen functional groups attached to an aromatic ring is 1. The van der Waals surface area contributed by atoms with E-state index in [4.69, 9.17) is 26.8 Å². The van der Waals surface area contributed by atoms with Gasteiger partial charge in [0.15, 0.2) is 0 Å². The molecule has 1 aliphatic carbocycles. The number of hydrogen-bond acceptors (Lipinski definition) is 7. The van der Waals surface area contributed by atoms with Gasteiger partial charge in [0.2, 0.25) is 0 Å². The van der Waals surface area contributed by atoms with Gasteiger partial charge in [-0.15, -0.1) is 0 Å². The molecule has 1 saturated carbocycles. The van der Waals surface area contributed by atoms with Crippen molar-refractivity contribution in [2.24, 2.45) is 0 Å². The summed E-state index contributed by atoms with van der Waals surface area (Å²) in [4.78, 5) is 41.3. The quantitative estimate of drug-likeness (QED) is 0.535. The zero-order chi connectivity index (χ0) is 22.4. The Hall–Kier alpha value is -2.10. The molecule has 0 unspecified atom stereocenters. The lowest BCUT2D eigenvalue weighted by Crippen LogP contribution is -2.55. The Labute approximate surface area is 186 Å². The summed E-state index contributed by atoms with van der Waals surface area (Å²) in [5.74, 6) is -0.663. The van der Waals surface area contributed by atoms with Gasteiger partial charge >= 0.3 is 5.97 Å². The van der Waals surface area contributed by atoms with E-state index < -0.39 is 11.5 Å². The van der Waals surface area contributed by atoms with Crippen LogP contribution in [0.5, 0.6) is 0 Å². The number of aromatic nitrogens is 1. The van der Waals surface area contributed by atoms with Crippen LogP contribution in [0.15, 0.2) is 10.9 Å². The number of anilines is 1. The van der Waals surface area contributed by atoms with Crippen molar-refractivity contribution in [2.45, 2.75) is 63.2 Å². The van der Waals surface area contributed by atoms with Crippen LogP contribution in [-0.2, 0) is 14.3 Å². The third-order valence-electron chi connectivity index (χ3n) is 6.01. The molecule has 9 nitrogen and oxygen atoms in total. The van der Waals surface area contributed by atoms with E-state index in [1.807, 2.05) is 0 Å². The molecule has 2 atom stereocenters. The van der Waals surface area contributed by atoms with E-state index in [0.29, 0.717) is 32.5 Å². The molecule has 0 bridgehead atoms. The monoisotopic (exact) mass is 454 g/mol. The summed E-state index contributed by atoms with van der Waals surface area (Å²) in [6, 6.07) is 0.999. The second-order valence-corrected chi connectivity index (χ2v) is 8.62. The van der Waals surface area contributed by atoms with Gasteiger partial charge < -0.3 is 30.4 Å². The van der Waals surface area contributed by atoms with E-state index >= 15 is 0 Å². The Balaban J connectivity index is 1.49. The average molecular weight is 455 g/mol. The van der Waals surface area contributed by atoms with Gasteiger partial charge in [-0.3, -0.25) is 14.4 Å². The first-order valence-electron chi connectivity index (χ1n) is 10.8. The number of piperidine rings is 1. The highest BCUT2D eigenvalue weighted by molar-refractivity contribution is 6.33. The average Bonchev–Trinajstić information content (AvgIpc) is 2.76. The first-order chi connectivity index (χ1) is 14.9. The van der Waals surface area contributed by atoms with Crippen molar-refractivity contribution in [1.82, 2.24) is 15.2 Å². The number of esters is 1. The minimum absolute atomic E-state index is 0.0216. The second kappa shape index (κ2) is 11.0. The predicted octanol–water partition coefficient (Wildman–Crippen LogP) is 1.70. The lowest BCUT2D eigenvalue weighted by atomic mass is 9.98. The molecule has 3 rings (SSSR count). The Morgan fingerprint density at radius 1 is 1.29 bits per heavy atom. The highest BCUT2D eigenvalue weighted by Crippen LogP contribution is 2.21. The number of carbonyl (C=O) groups excluding carboxylic acids is 2. The molecular formula is C21H31ClN4O5. The first kappa shape index (κ1) is 23.6. The Bertz CT molecular complexity index is 840. The van der Waals surface area contributed by atoms with Gasteiger partial charge in [0.1, 0.15) is 17.5 Å². The lowest BCUT2D eigenvalue weighted by molar-refractivity contribution is -0.151. The number of hydrogen-bond donors (Lipinski definition) is 3. The molecule has 2 heterocycles. The molecule has 172 valence electrons. The van der Waals surface area contributed by atoms with Crippen molar-refractivity contribution in [3.05, 3.63) is 27.0 Å². The van der Waals surface area contributed by atoms with Crippen LogP contribution in [0.25, 0.3) is 0 Å². The Morgan fingerprint density at radius 3 is 2.74 bits per heavy atom. The molecule has 0 spiro atoms. The van der Waals surface area contributed by atoms with E-state index in [1.165, 1.54) is 12.5 Å². The number of ether oxygens (including phenoxy) is 2. The fraction of sp³-hybridized carbons (Fsp3) is 0.667. The summed E-state index contributed by atoms with van der Waals surface area (Å²) >= 11 is 5.93. The fourth-order valence-corrected chi connectivity index (χ4v) is 4.36. The van der Waals surface area contributed by atoms with Crippen molar-refractivity contribution < 1.29 is 19.1 Å². The molecule has 0 radical (unpaired) electrons.